The van der Waals surface area contributed by atoms with Crippen molar-refractivity contribution in [3.63, 3.8) is 0 Å². The summed E-state index contributed by atoms with van der Waals surface area (Å²) in [5.41, 5.74) is 5.83. The van der Waals surface area contributed by atoms with Crippen LogP contribution in [0.2, 0.25) is 10.0 Å². The molecule has 0 atom stereocenters. The molecule has 0 bridgehead atoms. The van der Waals surface area contributed by atoms with Crippen LogP contribution in [0, 0.1) is 0 Å². The molecule has 7 heteroatoms. The topological polar surface area (TPSA) is 73.8 Å². The summed E-state index contributed by atoms with van der Waals surface area (Å²) in [5.74, 6) is -0.577. The Bertz CT molecular complexity index is 547. The number of amides is 1. The molecule has 0 aliphatic heterocycles. The molecular formula is C10H8Cl2N4O. The van der Waals surface area contributed by atoms with Crippen LogP contribution in [0.15, 0.2) is 24.5 Å². The van der Waals surface area contributed by atoms with E-state index in [0.717, 1.165) is 0 Å². The van der Waals surface area contributed by atoms with Crippen LogP contribution in [-0.4, -0.2) is 20.7 Å². The monoisotopic (exact) mass is 270 g/mol. The lowest BCUT2D eigenvalue weighted by atomic mass is 10.2. The average molecular weight is 271 g/mol. The minimum atomic E-state index is -0.648. The second-order valence-corrected chi connectivity index (χ2v) is 4.12. The van der Waals surface area contributed by atoms with Gasteiger partial charge in [0.25, 0.3) is 5.91 Å². The number of hydrogen-bond donors (Lipinski definition) is 1. The number of carbonyl (C=O) groups excluding carboxylic acids is 1. The van der Waals surface area contributed by atoms with E-state index in [-0.39, 0.29) is 12.4 Å². The van der Waals surface area contributed by atoms with Gasteiger partial charge >= 0.3 is 0 Å². The Morgan fingerprint density at radius 2 is 2.00 bits per heavy atom. The molecule has 1 aromatic heterocycles. The molecule has 2 N–H and O–H groups in total. The van der Waals surface area contributed by atoms with Gasteiger partial charge in [0.2, 0.25) is 5.82 Å². The van der Waals surface area contributed by atoms with Crippen molar-refractivity contribution in [1.82, 2.24) is 14.8 Å². The summed E-state index contributed by atoms with van der Waals surface area (Å²) in [7, 11) is 0. The molecule has 0 aliphatic carbocycles. The van der Waals surface area contributed by atoms with Gasteiger partial charge in [0.15, 0.2) is 0 Å². The maximum atomic E-state index is 11.1. The first-order chi connectivity index (χ1) is 8.09. The summed E-state index contributed by atoms with van der Waals surface area (Å²) in [6.45, 7) is 0.247. The van der Waals surface area contributed by atoms with E-state index < -0.39 is 5.91 Å². The maximum absolute atomic E-state index is 11.1. The molecule has 5 nitrogen and oxygen atoms in total. The molecule has 1 aromatic carbocycles. The third-order valence-corrected chi connectivity index (χ3v) is 2.91. The fourth-order valence-electron chi connectivity index (χ4n) is 1.40. The normalized spacial score (nSPS) is 10.5. The highest BCUT2D eigenvalue weighted by atomic mass is 35.5. The number of hydrogen-bond acceptors (Lipinski definition) is 3. The van der Waals surface area contributed by atoms with Crippen LogP contribution in [0.3, 0.4) is 0 Å². The summed E-state index contributed by atoms with van der Waals surface area (Å²) >= 11 is 12.0. The van der Waals surface area contributed by atoms with Crippen molar-refractivity contribution < 1.29 is 4.79 Å². The maximum Gasteiger partial charge on any atom is 0.286 e. The zero-order valence-electron chi connectivity index (χ0n) is 8.60. The molecule has 0 radical (unpaired) electrons. The van der Waals surface area contributed by atoms with Gasteiger partial charge in [0.1, 0.15) is 6.33 Å². The van der Waals surface area contributed by atoms with E-state index in [2.05, 4.69) is 10.1 Å². The molecule has 88 valence electrons. The molecule has 0 aliphatic rings. The van der Waals surface area contributed by atoms with Gasteiger partial charge in [-0.15, -0.1) is 0 Å². The third kappa shape index (κ3) is 2.40. The molecule has 17 heavy (non-hydrogen) atoms. The summed E-state index contributed by atoms with van der Waals surface area (Å²) in [5, 5.41) is 4.91. The van der Waals surface area contributed by atoms with Gasteiger partial charge in [-0.05, 0) is 12.1 Å². The number of carbonyl (C=O) groups is 1. The van der Waals surface area contributed by atoms with Gasteiger partial charge < -0.3 is 5.73 Å². The lowest BCUT2D eigenvalue weighted by Gasteiger charge is -2.07. The molecule has 2 aromatic rings. The number of rotatable bonds is 3. The number of primary amides is 1. The minimum Gasteiger partial charge on any atom is -0.363 e. The second-order valence-electron chi connectivity index (χ2n) is 3.31. The molecule has 0 fully saturated rings. The van der Waals surface area contributed by atoms with Gasteiger partial charge in [-0.25, -0.2) is 9.67 Å². The Morgan fingerprint density at radius 3 is 2.59 bits per heavy atom. The predicted molar refractivity (Wildman–Crippen MR) is 64.1 cm³/mol. The van der Waals surface area contributed by atoms with Crippen molar-refractivity contribution in [2.75, 3.05) is 0 Å². The molecule has 0 spiro atoms. The highest BCUT2D eigenvalue weighted by molar-refractivity contribution is 6.35. The largest absolute Gasteiger partial charge is 0.363 e. The molecule has 1 amide bonds. The summed E-state index contributed by atoms with van der Waals surface area (Å²) in [4.78, 5) is 14.8. The van der Waals surface area contributed by atoms with E-state index in [4.69, 9.17) is 28.9 Å². The zero-order chi connectivity index (χ0) is 12.4. The molecule has 1 heterocycles. The lowest BCUT2D eigenvalue weighted by Crippen LogP contribution is -2.19. The molecule has 0 saturated carbocycles. The van der Waals surface area contributed by atoms with Crippen LogP contribution in [0.4, 0.5) is 0 Å². The Labute approximate surface area is 107 Å². The van der Waals surface area contributed by atoms with Gasteiger partial charge in [-0.1, -0.05) is 29.3 Å². The van der Waals surface area contributed by atoms with E-state index in [1.54, 1.807) is 18.2 Å². The number of nitrogens with zero attached hydrogens (tertiary/aromatic N) is 3. The molecule has 2 rings (SSSR count). The minimum absolute atomic E-state index is 0.0704. The van der Waals surface area contributed by atoms with Crippen molar-refractivity contribution in [3.8, 4) is 0 Å². The number of benzene rings is 1. The Balaban J connectivity index is 2.38. The first-order valence-electron chi connectivity index (χ1n) is 4.70. The van der Waals surface area contributed by atoms with Crippen molar-refractivity contribution >= 4 is 29.1 Å². The van der Waals surface area contributed by atoms with E-state index >= 15 is 0 Å². The van der Waals surface area contributed by atoms with Crippen LogP contribution in [0.1, 0.15) is 16.2 Å². The highest BCUT2D eigenvalue weighted by Gasteiger charge is 2.13. The van der Waals surface area contributed by atoms with Crippen LogP contribution in [0.5, 0.6) is 0 Å². The quantitative estimate of drug-likeness (QED) is 0.923. The molecular weight excluding hydrogens is 263 g/mol. The van der Waals surface area contributed by atoms with Crippen molar-refractivity contribution in [2.45, 2.75) is 6.54 Å². The predicted octanol–water partition coefficient (Wildman–Crippen LogP) is 1.73. The van der Waals surface area contributed by atoms with Crippen molar-refractivity contribution in [1.29, 1.82) is 0 Å². The summed E-state index contributed by atoms with van der Waals surface area (Å²) in [6.07, 6.45) is 1.25. The fourth-order valence-corrected chi connectivity index (χ4v) is 1.92. The first-order valence-corrected chi connectivity index (χ1v) is 5.45. The van der Waals surface area contributed by atoms with Gasteiger partial charge in [-0.3, -0.25) is 4.79 Å². The lowest BCUT2D eigenvalue weighted by molar-refractivity contribution is 0.0985. The zero-order valence-corrected chi connectivity index (χ0v) is 10.1. The number of nitrogens with two attached hydrogens (primary N) is 1. The van der Waals surface area contributed by atoms with Gasteiger partial charge in [0.05, 0.1) is 6.54 Å². The van der Waals surface area contributed by atoms with E-state index in [1.807, 2.05) is 0 Å². The van der Waals surface area contributed by atoms with Gasteiger partial charge in [-0.2, -0.15) is 5.10 Å². The van der Waals surface area contributed by atoms with Crippen LogP contribution in [0.25, 0.3) is 0 Å². The number of aromatic nitrogens is 3. The first kappa shape index (κ1) is 11.9. The van der Waals surface area contributed by atoms with Crippen molar-refractivity contribution in [2.24, 2.45) is 5.73 Å². The van der Waals surface area contributed by atoms with E-state index in [9.17, 15) is 4.79 Å². The SMILES string of the molecule is NC(=O)c1ncnn1Cc1c(Cl)cccc1Cl. The van der Waals surface area contributed by atoms with Crippen LogP contribution >= 0.6 is 23.2 Å². The summed E-state index contributed by atoms with van der Waals surface area (Å²) in [6, 6.07) is 5.16. The second kappa shape index (κ2) is 4.73. The molecule has 0 saturated heterocycles. The van der Waals surface area contributed by atoms with E-state index in [0.29, 0.717) is 15.6 Å². The van der Waals surface area contributed by atoms with Gasteiger partial charge in [0, 0.05) is 15.6 Å². The standard InChI is InChI=1S/C10H8Cl2N4O/c11-7-2-1-3-8(12)6(7)4-16-10(9(13)17)14-5-15-16/h1-3,5H,4H2,(H2,13,17). The van der Waals surface area contributed by atoms with Crippen LogP contribution in [-0.2, 0) is 6.54 Å². The van der Waals surface area contributed by atoms with E-state index in [1.165, 1.54) is 11.0 Å². The highest BCUT2D eigenvalue weighted by Crippen LogP contribution is 2.25. The Kier molecular flexibility index (Phi) is 3.31. The Morgan fingerprint density at radius 1 is 1.35 bits per heavy atom. The van der Waals surface area contributed by atoms with Crippen LogP contribution < -0.4 is 5.73 Å². The summed E-state index contributed by atoms with van der Waals surface area (Å²) < 4.78 is 1.36. The Hall–Kier alpha value is -1.59. The number of halogens is 2. The average Bonchev–Trinajstić information content (AvgIpc) is 2.72. The van der Waals surface area contributed by atoms with Crippen molar-refractivity contribution in [3.05, 3.63) is 46.0 Å². The third-order valence-electron chi connectivity index (χ3n) is 2.21. The molecule has 0 unspecified atom stereocenters. The smallest absolute Gasteiger partial charge is 0.286 e. The fraction of sp³-hybridized carbons (Fsp3) is 0.100.